The minimum atomic E-state index is -1.01. The fourth-order valence-corrected chi connectivity index (χ4v) is 2.98. The van der Waals surface area contributed by atoms with Crippen LogP contribution in [-0.2, 0) is 9.59 Å². The zero-order chi connectivity index (χ0) is 24.5. The molecule has 0 aromatic heterocycles. The highest BCUT2D eigenvalue weighted by Crippen LogP contribution is 2.26. The summed E-state index contributed by atoms with van der Waals surface area (Å²) in [4.78, 5) is 37.2. The van der Waals surface area contributed by atoms with E-state index in [9.17, 15) is 14.4 Å². The minimum absolute atomic E-state index is 0.165. The number of halogens is 1. The Balaban J connectivity index is 1.63. The highest BCUT2D eigenvalue weighted by atomic mass is 35.5. The van der Waals surface area contributed by atoms with Crippen LogP contribution in [0.15, 0.2) is 71.8 Å². The summed E-state index contributed by atoms with van der Waals surface area (Å²) >= 11 is 5.86. The van der Waals surface area contributed by atoms with Crippen LogP contribution in [0.3, 0.4) is 0 Å². The van der Waals surface area contributed by atoms with Crippen LogP contribution in [-0.4, -0.2) is 38.2 Å². The Morgan fingerprint density at radius 3 is 2.26 bits per heavy atom. The number of rotatable bonds is 7. The first-order valence-electron chi connectivity index (χ1n) is 9.93. The van der Waals surface area contributed by atoms with Crippen LogP contribution in [0.2, 0.25) is 5.02 Å². The average Bonchev–Trinajstić information content (AvgIpc) is 2.85. The number of carbonyl (C=O) groups is 3. The van der Waals surface area contributed by atoms with E-state index in [1.165, 1.54) is 32.6 Å². The summed E-state index contributed by atoms with van der Waals surface area (Å²) in [5.74, 6) is -1.43. The number of hydrogen-bond acceptors (Lipinski definition) is 6. The lowest BCUT2D eigenvalue weighted by Gasteiger charge is -2.11. The van der Waals surface area contributed by atoms with Gasteiger partial charge >= 0.3 is 11.8 Å². The molecule has 3 rings (SSSR count). The Kier molecular flexibility index (Phi) is 8.20. The van der Waals surface area contributed by atoms with E-state index in [0.717, 1.165) is 0 Å². The minimum Gasteiger partial charge on any atom is -0.493 e. The molecule has 0 fully saturated rings. The van der Waals surface area contributed by atoms with Crippen LogP contribution in [0.1, 0.15) is 15.9 Å². The van der Waals surface area contributed by atoms with Gasteiger partial charge in [-0.1, -0.05) is 23.7 Å². The molecule has 9 nitrogen and oxygen atoms in total. The summed E-state index contributed by atoms with van der Waals surface area (Å²) in [6.45, 7) is 0. The number of amides is 3. The molecule has 0 unspecified atom stereocenters. The number of hydrogen-bond donors (Lipinski definition) is 3. The Morgan fingerprint density at radius 2 is 1.56 bits per heavy atom. The second-order valence-electron chi connectivity index (χ2n) is 6.77. The fraction of sp³-hybridized carbons (Fsp3) is 0.0833. The van der Waals surface area contributed by atoms with Crippen LogP contribution in [0.5, 0.6) is 11.5 Å². The van der Waals surface area contributed by atoms with Gasteiger partial charge in [0.2, 0.25) is 0 Å². The maximum Gasteiger partial charge on any atom is 0.329 e. The molecular formula is C24H21ClN4O5. The SMILES string of the molecule is COc1ccc(/C=N\NC(=O)C(=O)Nc2ccccc2C(=O)Nc2ccc(Cl)cc2)cc1OC. The van der Waals surface area contributed by atoms with Gasteiger partial charge < -0.3 is 20.1 Å². The molecule has 34 heavy (non-hydrogen) atoms. The number of para-hydroxylation sites is 1. The van der Waals surface area contributed by atoms with Gasteiger partial charge in [0.15, 0.2) is 11.5 Å². The maximum atomic E-state index is 12.7. The molecule has 3 N–H and O–H groups in total. The number of hydrazone groups is 1. The van der Waals surface area contributed by atoms with E-state index in [4.69, 9.17) is 21.1 Å². The molecule has 0 aliphatic heterocycles. The van der Waals surface area contributed by atoms with Crippen molar-refractivity contribution in [1.82, 2.24) is 5.43 Å². The van der Waals surface area contributed by atoms with E-state index in [0.29, 0.717) is 27.8 Å². The van der Waals surface area contributed by atoms with Crippen molar-refractivity contribution in [3.05, 3.63) is 82.9 Å². The monoisotopic (exact) mass is 480 g/mol. The zero-order valence-corrected chi connectivity index (χ0v) is 19.1. The molecule has 0 saturated carbocycles. The highest BCUT2D eigenvalue weighted by Gasteiger charge is 2.18. The van der Waals surface area contributed by atoms with Crippen LogP contribution in [0, 0.1) is 0 Å². The molecule has 0 radical (unpaired) electrons. The molecule has 0 spiro atoms. The van der Waals surface area contributed by atoms with Crippen molar-refractivity contribution in [1.29, 1.82) is 0 Å². The summed E-state index contributed by atoms with van der Waals surface area (Å²) < 4.78 is 10.4. The molecular weight excluding hydrogens is 460 g/mol. The van der Waals surface area contributed by atoms with Crippen LogP contribution >= 0.6 is 11.6 Å². The Labute approximate surface area is 200 Å². The summed E-state index contributed by atoms with van der Waals surface area (Å²) in [7, 11) is 3.02. The Morgan fingerprint density at radius 1 is 0.853 bits per heavy atom. The smallest absolute Gasteiger partial charge is 0.329 e. The molecule has 0 heterocycles. The van der Waals surface area contributed by atoms with Crippen molar-refractivity contribution in [2.75, 3.05) is 24.9 Å². The third-order valence-electron chi connectivity index (χ3n) is 4.52. The van der Waals surface area contributed by atoms with E-state index in [-0.39, 0.29) is 11.3 Å². The first kappa shape index (κ1) is 24.3. The summed E-state index contributed by atoms with van der Waals surface area (Å²) in [6, 6.07) is 17.9. The topological polar surface area (TPSA) is 118 Å². The quantitative estimate of drug-likeness (QED) is 0.271. The van der Waals surface area contributed by atoms with Crippen molar-refractivity contribution in [3.63, 3.8) is 0 Å². The van der Waals surface area contributed by atoms with Crippen molar-refractivity contribution in [3.8, 4) is 11.5 Å². The third kappa shape index (κ3) is 6.33. The number of nitrogens with zero attached hydrogens (tertiary/aromatic N) is 1. The van der Waals surface area contributed by atoms with Crippen LogP contribution in [0.4, 0.5) is 11.4 Å². The van der Waals surface area contributed by atoms with Crippen LogP contribution < -0.4 is 25.5 Å². The number of benzene rings is 3. The van der Waals surface area contributed by atoms with Gasteiger partial charge in [-0.2, -0.15) is 5.10 Å². The molecule has 0 aliphatic rings. The van der Waals surface area contributed by atoms with Crippen LogP contribution in [0.25, 0.3) is 0 Å². The van der Waals surface area contributed by atoms with Gasteiger partial charge in [-0.15, -0.1) is 0 Å². The van der Waals surface area contributed by atoms with Gasteiger partial charge in [0, 0.05) is 10.7 Å². The Hall–Kier alpha value is -4.37. The second kappa shape index (κ2) is 11.5. The standard InChI is InChI=1S/C24H21ClN4O5/c1-33-20-12-7-15(13-21(20)34-2)14-26-29-24(32)23(31)28-19-6-4-3-5-18(19)22(30)27-17-10-8-16(25)9-11-17/h3-14H,1-2H3,(H,27,30)(H,28,31)(H,29,32)/b26-14-. The van der Waals surface area contributed by atoms with E-state index in [1.807, 2.05) is 0 Å². The molecule has 0 aliphatic carbocycles. The van der Waals surface area contributed by atoms with E-state index in [1.54, 1.807) is 54.6 Å². The van der Waals surface area contributed by atoms with Gasteiger partial charge in [0.05, 0.1) is 31.7 Å². The van der Waals surface area contributed by atoms with E-state index in [2.05, 4.69) is 21.2 Å². The molecule has 10 heteroatoms. The first-order chi connectivity index (χ1) is 16.4. The number of carbonyl (C=O) groups excluding carboxylic acids is 3. The van der Waals surface area contributed by atoms with Crippen molar-refractivity contribution in [2.45, 2.75) is 0 Å². The van der Waals surface area contributed by atoms with Gasteiger partial charge in [0.1, 0.15) is 0 Å². The lowest BCUT2D eigenvalue weighted by atomic mass is 10.1. The highest BCUT2D eigenvalue weighted by molar-refractivity contribution is 6.40. The lowest BCUT2D eigenvalue weighted by molar-refractivity contribution is -0.136. The molecule has 0 bridgehead atoms. The second-order valence-corrected chi connectivity index (χ2v) is 7.21. The molecule has 174 valence electrons. The van der Waals surface area contributed by atoms with E-state index < -0.39 is 17.7 Å². The summed E-state index contributed by atoms with van der Waals surface area (Å²) in [6.07, 6.45) is 1.35. The van der Waals surface area contributed by atoms with E-state index >= 15 is 0 Å². The molecule has 0 atom stereocenters. The van der Waals surface area contributed by atoms with Crippen molar-refractivity contribution < 1.29 is 23.9 Å². The fourth-order valence-electron chi connectivity index (χ4n) is 2.85. The molecule has 3 aromatic rings. The molecule has 3 amide bonds. The maximum absolute atomic E-state index is 12.7. The normalized spacial score (nSPS) is 10.4. The number of ether oxygens (including phenoxy) is 2. The lowest BCUT2D eigenvalue weighted by Crippen LogP contribution is -2.33. The van der Waals surface area contributed by atoms with Crippen molar-refractivity contribution >= 4 is 46.9 Å². The number of methoxy groups -OCH3 is 2. The number of nitrogens with one attached hydrogen (secondary N) is 3. The average molecular weight is 481 g/mol. The zero-order valence-electron chi connectivity index (χ0n) is 18.3. The van der Waals surface area contributed by atoms with Gasteiger partial charge in [-0.25, -0.2) is 5.43 Å². The summed E-state index contributed by atoms with van der Waals surface area (Å²) in [5, 5.41) is 9.45. The summed E-state index contributed by atoms with van der Waals surface area (Å²) in [5.41, 5.74) is 3.62. The molecule has 3 aromatic carbocycles. The largest absolute Gasteiger partial charge is 0.493 e. The van der Waals surface area contributed by atoms with Gasteiger partial charge in [-0.3, -0.25) is 14.4 Å². The Bertz CT molecular complexity index is 1230. The van der Waals surface area contributed by atoms with Gasteiger partial charge in [-0.05, 0) is 60.2 Å². The third-order valence-corrected chi connectivity index (χ3v) is 4.77. The van der Waals surface area contributed by atoms with Gasteiger partial charge in [0.25, 0.3) is 5.91 Å². The molecule has 0 saturated heterocycles. The number of anilines is 2. The predicted molar refractivity (Wildman–Crippen MR) is 130 cm³/mol. The first-order valence-corrected chi connectivity index (χ1v) is 10.3. The van der Waals surface area contributed by atoms with Crippen molar-refractivity contribution in [2.24, 2.45) is 5.10 Å². The predicted octanol–water partition coefficient (Wildman–Crippen LogP) is 3.70.